The van der Waals surface area contributed by atoms with Crippen LogP contribution in [0.1, 0.15) is 5.56 Å². The molecule has 0 spiro atoms. The SMILES string of the molecule is COCCN(Cc1ccccc1)C(=O)COC(=O)Cn1ccc(=O)[nH]c1=O. The van der Waals surface area contributed by atoms with E-state index in [1.54, 1.807) is 0 Å². The highest BCUT2D eigenvalue weighted by atomic mass is 16.5. The normalized spacial score (nSPS) is 10.4. The molecule has 144 valence electrons. The summed E-state index contributed by atoms with van der Waals surface area (Å²) in [7, 11) is 1.53. The summed E-state index contributed by atoms with van der Waals surface area (Å²) >= 11 is 0. The Morgan fingerprint density at radius 3 is 2.56 bits per heavy atom. The lowest BCUT2D eigenvalue weighted by molar-refractivity contribution is -0.153. The predicted molar refractivity (Wildman–Crippen MR) is 96.0 cm³/mol. The Morgan fingerprint density at radius 1 is 1.15 bits per heavy atom. The Balaban J connectivity index is 1.92. The zero-order chi connectivity index (χ0) is 19.6. The molecule has 0 aliphatic carbocycles. The van der Waals surface area contributed by atoms with Gasteiger partial charge < -0.3 is 14.4 Å². The third kappa shape index (κ3) is 6.55. The van der Waals surface area contributed by atoms with Gasteiger partial charge in [0.2, 0.25) is 0 Å². The zero-order valence-electron chi connectivity index (χ0n) is 14.9. The fourth-order valence-corrected chi connectivity index (χ4v) is 2.28. The molecular weight excluding hydrogens is 354 g/mol. The van der Waals surface area contributed by atoms with E-state index in [1.165, 1.54) is 18.2 Å². The van der Waals surface area contributed by atoms with Crippen molar-refractivity contribution in [2.45, 2.75) is 13.1 Å². The van der Waals surface area contributed by atoms with Crippen LogP contribution < -0.4 is 11.2 Å². The first kappa shape index (κ1) is 20.1. The molecule has 27 heavy (non-hydrogen) atoms. The summed E-state index contributed by atoms with van der Waals surface area (Å²) < 4.78 is 11.0. The number of nitrogens with one attached hydrogen (secondary N) is 1. The lowest BCUT2D eigenvalue weighted by atomic mass is 10.2. The molecule has 2 rings (SSSR count). The van der Waals surface area contributed by atoms with Gasteiger partial charge in [-0.15, -0.1) is 0 Å². The Morgan fingerprint density at radius 2 is 1.89 bits per heavy atom. The Bertz CT molecular complexity index is 874. The summed E-state index contributed by atoms with van der Waals surface area (Å²) in [6, 6.07) is 10.5. The van der Waals surface area contributed by atoms with Gasteiger partial charge in [0.1, 0.15) is 6.54 Å². The number of carbonyl (C=O) groups is 2. The molecule has 1 amide bonds. The number of benzene rings is 1. The smallest absolute Gasteiger partial charge is 0.328 e. The molecule has 0 saturated carbocycles. The van der Waals surface area contributed by atoms with Crippen molar-refractivity contribution in [2.24, 2.45) is 0 Å². The van der Waals surface area contributed by atoms with Gasteiger partial charge in [0, 0.05) is 32.5 Å². The number of rotatable bonds is 9. The Kier molecular flexibility index (Phi) is 7.50. The first-order valence-electron chi connectivity index (χ1n) is 8.25. The fourth-order valence-electron chi connectivity index (χ4n) is 2.28. The van der Waals surface area contributed by atoms with Gasteiger partial charge in [-0.25, -0.2) is 4.79 Å². The molecule has 1 heterocycles. The van der Waals surface area contributed by atoms with E-state index in [1.807, 2.05) is 35.3 Å². The molecule has 0 atom stereocenters. The summed E-state index contributed by atoms with van der Waals surface area (Å²) in [6.07, 6.45) is 1.19. The zero-order valence-corrected chi connectivity index (χ0v) is 14.9. The van der Waals surface area contributed by atoms with Crippen LogP contribution in [0.5, 0.6) is 0 Å². The molecule has 1 N–H and O–H groups in total. The van der Waals surface area contributed by atoms with Crippen molar-refractivity contribution in [3.8, 4) is 0 Å². The third-order valence-corrected chi connectivity index (χ3v) is 3.69. The van der Waals surface area contributed by atoms with Crippen LogP contribution in [0.25, 0.3) is 0 Å². The second-order valence-corrected chi connectivity index (χ2v) is 5.69. The maximum Gasteiger partial charge on any atom is 0.328 e. The van der Waals surface area contributed by atoms with E-state index in [2.05, 4.69) is 0 Å². The number of methoxy groups -OCH3 is 1. The molecular formula is C18H21N3O6. The van der Waals surface area contributed by atoms with Crippen LogP contribution in [0, 0.1) is 0 Å². The first-order chi connectivity index (χ1) is 13.0. The molecule has 9 heteroatoms. The molecule has 9 nitrogen and oxygen atoms in total. The van der Waals surface area contributed by atoms with Crippen molar-refractivity contribution in [1.82, 2.24) is 14.5 Å². The van der Waals surface area contributed by atoms with E-state index in [9.17, 15) is 19.2 Å². The molecule has 0 radical (unpaired) electrons. The van der Waals surface area contributed by atoms with E-state index in [4.69, 9.17) is 9.47 Å². The minimum Gasteiger partial charge on any atom is -0.454 e. The number of aromatic nitrogens is 2. The van der Waals surface area contributed by atoms with Crippen LogP contribution in [0.2, 0.25) is 0 Å². The summed E-state index contributed by atoms with van der Waals surface area (Å²) in [4.78, 5) is 50.4. The first-order valence-corrected chi connectivity index (χ1v) is 8.25. The maximum atomic E-state index is 12.4. The van der Waals surface area contributed by atoms with Gasteiger partial charge in [0.15, 0.2) is 6.61 Å². The van der Waals surface area contributed by atoms with Gasteiger partial charge in [-0.2, -0.15) is 0 Å². The monoisotopic (exact) mass is 375 g/mol. The lowest BCUT2D eigenvalue weighted by Crippen LogP contribution is -2.37. The van der Waals surface area contributed by atoms with E-state index in [-0.39, 0.29) is 5.91 Å². The number of carbonyl (C=O) groups excluding carboxylic acids is 2. The fraction of sp³-hybridized carbons (Fsp3) is 0.333. The number of aromatic amines is 1. The highest BCUT2D eigenvalue weighted by Gasteiger charge is 2.16. The Labute approximate surface area is 155 Å². The molecule has 0 fully saturated rings. The number of esters is 1. The van der Waals surface area contributed by atoms with Crippen LogP contribution in [-0.4, -0.2) is 53.2 Å². The van der Waals surface area contributed by atoms with E-state index < -0.39 is 30.4 Å². The second-order valence-electron chi connectivity index (χ2n) is 5.69. The average molecular weight is 375 g/mol. The van der Waals surface area contributed by atoms with Gasteiger partial charge in [0.05, 0.1) is 6.61 Å². The number of H-pyrrole nitrogens is 1. The molecule has 0 saturated heterocycles. The average Bonchev–Trinajstić information content (AvgIpc) is 2.66. The number of hydrogen-bond acceptors (Lipinski definition) is 6. The number of ether oxygens (including phenoxy) is 2. The summed E-state index contributed by atoms with van der Waals surface area (Å²) in [6.45, 7) is 0.202. The standard InChI is InChI=1S/C18H21N3O6/c1-26-10-9-20(11-14-5-3-2-4-6-14)16(23)13-27-17(24)12-21-8-7-15(22)19-18(21)25/h2-8H,9-13H2,1H3,(H,19,22,25). The maximum absolute atomic E-state index is 12.4. The van der Waals surface area contributed by atoms with Gasteiger partial charge in [-0.3, -0.25) is 23.9 Å². The van der Waals surface area contributed by atoms with E-state index in [0.717, 1.165) is 16.2 Å². The molecule has 1 aromatic carbocycles. The number of nitrogens with zero attached hydrogens (tertiary/aromatic N) is 2. The Hall–Kier alpha value is -3.20. The molecule has 0 aliphatic heterocycles. The number of amides is 1. The van der Waals surface area contributed by atoms with Crippen molar-refractivity contribution in [3.63, 3.8) is 0 Å². The predicted octanol–water partition coefficient (Wildman–Crippen LogP) is -0.245. The van der Waals surface area contributed by atoms with Crippen LogP contribution in [-0.2, 0) is 32.2 Å². The van der Waals surface area contributed by atoms with E-state index >= 15 is 0 Å². The summed E-state index contributed by atoms with van der Waals surface area (Å²) in [5.74, 6) is -1.14. The van der Waals surface area contributed by atoms with Crippen LogP contribution in [0.4, 0.5) is 0 Å². The van der Waals surface area contributed by atoms with Crippen LogP contribution in [0.15, 0.2) is 52.2 Å². The topological polar surface area (TPSA) is 111 Å². The van der Waals surface area contributed by atoms with Gasteiger partial charge in [-0.05, 0) is 5.56 Å². The lowest BCUT2D eigenvalue weighted by Gasteiger charge is -2.22. The molecule has 2 aromatic rings. The number of hydrogen-bond donors (Lipinski definition) is 1. The van der Waals surface area contributed by atoms with E-state index in [0.29, 0.717) is 19.7 Å². The van der Waals surface area contributed by atoms with Gasteiger partial charge in [0.25, 0.3) is 11.5 Å². The van der Waals surface area contributed by atoms with Gasteiger partial charge in [-0.1, -0.05) is 30.3 Å². The van der Waals surface area contributed by atoms with Crippen LogP contribution >= 0.6 is 0 Å². The molecule has 0 unspecified atom stereocenters. The van der Waals surface area contributed by atoms with Gasteiger partial charge >= 0.3 is 11.7 Å². The van der Waals surface area contributed by atoms with Crippen LogP contribution in [0.3, 0.4) is 0 Å². The van der Waals surface area contributed by atoms with Crippen molar-refractivity contribution < 1.29 is 19.1 Å². The minimum absolute atomic E-state index is 0.347. The minimum atomic E-state index is -0.760. The third-order valence-electron chi connectivity index (χ3n) is 3.69. The summed E-state index contributed by atoms with van der Waals surface area (Å²) in [5, 5.41) is 0. The quantitative estimate of drug-likeness (QED) is 0.606. The molecule has 1 aromatic heterocycles. The molecule has 0 bridgehead atoms. The highest BCUT2D eigenvalue weighted by molar-refractivity contribution is 5.80. The summed E-state index contributed by atoms with van der Waals surface area (Å²) in [5.41, 5.74) is -0.348. The second kappa shape index (κ2) is 10.1. The van der Waals surface area contributed by atoms with Crippen molar-refractivity contribution in [1.29, 1.82) is 0 Å². The van der Waals surface area contributed by atoms with Crippen molar-refractivity contribution in [3.05, 3.63) is 69.0 Å². The largest absolute Gasteiger partial charge is 0.454 e. The molecule has 0 aliphatic rings. The van der Waals surface area contributed by atoms with Crippen molar-refractivity contribution >= 4 is 11.9 Å². The van der Waals surface area contributed by atoms with Crippen molar-refractivity contribution in [2.75, 3.05) is 26.9 Å². The highest BCUT2D eigenvalue weighted by Crippen LogP contribution is 2.05.